The molecule has 2 aliphatic rings. The average Bonchev–Trinajstić information content (AvgIpc) is 2.89. The minimum Gasteiger partial charge on any atom is -0.388 e. The molecule has 2 fully saturated rings. The van der Waals surface area contributed by atoms with Gasteiger partial charge in [-0.25, -0.2) is 0 Å². The quantitative estimate of drug-likeness (QED) is 0.717. The Morgan fingerprint density at radius 2 is 1.95 bits per heavy atom. The van der Waals surface area contributed by atoms with E-state index >= 15 is 0 Å². The molecule has 0 bridgehead atoms. The summed E-state index contributed by atoms with van der Waals surface area (Å²) in [6.07, 6.45) is 4.65. The molecule has 1 aliphatic heterocycles. The second kappa shape index (κ2) is 6.00. The van der Waals surface area contributed by atoms with Gasteiger partial charge in [-0.05, 0) is 43.9 Å². The number of rotatable bonds is 4. The van der Waals surface area contributed by atoms with Crippen molar-refractivity contribution in [1.29, 1.82) is 0 Å². The van der Waals surface area contributed by atoms with Crippen molar-refractivity contribution in [2.24, 2.45) is 11.1 Å². The van der Waals surface area contributed by atoms with Gasteiger partial charge in [0.15, 0.2) is 0 Å². The summed E-state index contributed by atoms with van der Waals surface area (Å²) in [4.78, 5) is 12.0. The van der Waals surface area contributed by atoms with Crippen LogP contribution in [0.5, 0.6) is 0 Å². The largest absolute Gasteiger partial charge is 0.388 e. The van der Waals surface area contributed by atoms with Gasteiger partial charge in [-0.3, -0.25) is 4.79 Å². The van der Waals surface area contributed by atoms with Gasteiger partial charge in [0.25, 0.3) is 0 Å². The van der Waals surface area contributed by atoms with Crippen LogP contribution in [0.3, 0.4) is 0 Å². The monoisotopic (exact) mass is 284 g/mol. The van der Waals surface area contributed by atoms with E-state index in [-0.39, 0.29) is 12.0 Å². The minimum absolute atomic E-state index is 0.00400. The van der Waals surface area contributed by atoms with Crippen LogP contribution >= 0.6 is 0 Å². The normalized spacial score (nSPS) is 32.0. The Morgan fingerprint density at radius 1 is 1.30 bits per heavy atom. The molecule has 0 aromatic carbocycles. The van der Waals surface area contributed by atoms with Gasteiger partial charge in [0.2, 0.25) is 5.91 Å². The fourth-order valence-electron chi connectivity index (χ4n) is 3.01. The van der Waals surface area contributed by atoms with E-state index < -0.39 is 11.7 Å². The third-order valence-electron chi connectivity index (χ3n) is 4.79. The molecule has 2 rings (SSSR count). The summed E-state index contributed by atoms with van der Waals surface area (Å²) in [7, 11) is 0. The number of hydrogen-bond donors (Lipinski definition) is 3. The van der Waals surface area contributed by atoms with Crippen molar-refractivity contribution in [3.05, 3.63) is 0 Å². The highest BCUT2D eigenvalue weighted by molar-refractivity contribution is 5.81. The molecule has 1 aliphatic carbocycles. The zero-order valence-electron chi connectivity index (χ0n) is 12.7. The van der Waals surface area contributed by atoms with E-state index in [1.54, 1.807) is 0 Å². The molecule has 2 unspecified atom stereocenters. The fraction of sp³-hybridized carbons (Fsp3) is 0.933. The summed E-state index contributed by atoms with van der Waals surface area (Å²) in [5.74, 6) is -0.112. The highest BCUT2D eigenvalue weighted by Gasteiger charge is 2.38. The maximum atomic E-state index is 12.0. The molecule has 0 aromatic rings. The molecule has 116 valence electrons. The topological polar surface area (TPSA) is 84.6 Å². The van der Waals surface area contributed by atoms with Gasteiger partial charge >= 0.3 is 0 Å². The number of carbonyl (C=O) groups is 1. The first kappa shape index (κ1) is 15.7. The lowest BCUT2D eigenvalue weighted by molar-refractivity contribution is -0.133. The maximum Gasteiger partial charge on any atom is 0.249 e. The van der Waals surface area contributed by atoms with E-state index in [1.807, 2.05) is 0 Å². The molecule has 2 atom stereocenters. The number of ether oxygens (including phenoxy) is 1. The minimum atomic E-state index is -0.753. The number of nitrogens with two attached hydrogens (primary N) is 1. The lowest BCUT2D eigenvalue weighted by atomic mass is 9.71. The van der Waals surface area contributed by atoms with Crippen LogP contribution in [0.1, 0.15) is 52.4 Å². The Morgan fingerprint density at radius 3 is 2.50 bits per heavy atom. The van der Waals surface area contributed by atoms with Gasteiger partial charge in [-0.15, -0.1) is 0 Å². The van der Waals surface area contributed by atoms with Crippen LogP contribution in [0.15, 0.2) is 0 Å². The van der Waals surface area contributed by atoms with Crippen molar-refractivity contribution in [1.82, 2.24) is 5.32 Å². The molecule has 5 heteroatoms. The molecule has 1 saturated heterocycles. The SMILES string of the molecule is CC1(C)CCC(O)(CNC(=O)C2CCC(CN)O2)CC1. The molecular formula is C15H28N2O3. The van der Waals surface area contributed by atoms with Gasteiger partial charge in [-0.1, -0.05) is 13.8 Å². The second-order valence-corrected chi connectivity index (χ2v) is 7.17. The fourth-order valence-corrected chi connectivity index (χ4v) is 3.01. The first-order valence-corrected chi connectivity index (χ1v) is 7.69. The van der Waals surface area contributed by atoms with Gasteiger partial charge < -0.3 is 20.9 Å². The highest BCUT2D eigenvalue weighted by atomic mass is 16.5. The van der Waals surface area contributed by atoms with E-state index in [2.05, 4.69) is 19.2 Å². The third-order valence-corrected chi connectivity index (χ3v) is 4.79. The summed E-state index contributed by atoms with van der Waals surface area (Å²) in [5.41, 5.74) is 5.09. The van der Waals surface area contributed by atoms with Crippen LogP contribution < -0.4 is 11.1 Å². The summed E-state index contributed by atoms with van der Waals surface area (Å²) >= 11 is 0. The molecule has 0 spiro atoms. The molecule has 0 radical (unpaired) electrons. The van der Waals surface area contributed by atoms with E-state index in [0.29, 0.717) is 18.5 Å². The van der Waals surface area contributed by atoms with E-state index in [9.17, 15) is 9.90 Å². The zero-order valence-corrected chi connectivity index (χ0v) is 12.7. The number of amides is 1. The summed E-state index contributed by atoms with van der Waals surface area (Å²) in [6, 6.07) is 0. The summed E-state index contributed by atoms with van der Waals surface area (Å²) in [5, 5.41) is 13.4. The lowest BCUT2D eigenvalue weighted by Crippen LogP contribution is -2.48. The van der Waals surface area contributed by atoms with Crippen LogP contribution in [0.2, 0.25) is 0 Å². The number of hydrogen-bond acceptors (Lipinski definition) is 4. The van der Waals surface area contributed by atoms with Crippen LogP contribution in [-0.2, 0) is 9.53 Å². The molecule has 5 nitrogen and oxygen atoms in total. The predicted octanol–water partition coefficient (Wildman–Crippen LogP) is 0.940. The Hall–Kier alpha value is -0.650. The average molecular weight is 284 g/mol. The van der Waals surface area contributed by atoms with Gasteiger partial charge in [-0.2, -0.15) is 0 Å². The number of carbonyl (C=O) groups excluding carboxylic acids is 1. The number of aliphatic hydroxyl groups is 1. The Balaban J connectivity index is 1.76. The predicted molar refractivity (Wildman–Crippen MR) is 77.2 cm³/mol. The Labute approximate surface area is 121 Å². The van der Waals surface area contributed by atoms with E-state index in [4.69, 9.17) is 10.5 Å². The van der Waals surface area contributed by atoms with Gasteiger partial charge in [0.05, 0.1) is 11.7 Å². The molecule has 4 N–H and O–H groups in total. The number of nitrogens with one attached hydrogen (secondary N) is 1. The van der Waals surface area contributed by atoms with Crippen LogP contribution in [0.25, 0.3) is 0 Å². The van der Waals surface area contributed by atoms with Crippen molar-refractivity contribution in [3.8, 4) is 0 Å². The summed E-state index contributed by atoms with van der Waals surface area (Å²) < 4.78 is 5.56. The van der Waals surface area contributed by atoms with Crippen molar-refractivity contribution in [2.75, 3.05) is 13.1 Å². The van der Waals surface area contributed by atoms with Crippen LogP contribution in [-0.4, -0.2) is 41.9 Å². The van der Waals surface area contributed by atoms with Gasteiger partial charge in [0.1, 0.15) is 6.10 Å². The first-order chi connectivity index (χ1) is 9.34. The third kappa shape index (κ3) is 3.93. The van der Waals surface area contributed by atoms with Crippen LogP contribution in [0, 0.1) is 5.41 Å². The molecule has 20 heavy (non-hydrogen) atoms. The van der Waals surface area contributed by atoms with E-state index in [1.165, 1.54) is 0 Å². The van der Waals surface area contributed by atoms with Crippen LogP contribution in [0.4, 0.5) is 0 Å². The lowest BCUT2D eigenvalue weighted by Gasteiger charge is -2.40. The summed E-state index contributed by atoms with van der Waals surface area (Å²) in [6.45, 7) is 5.24. The first-order valence-electron chi connectivity index (χ1n) is 7.69. The van der Waals surface area contributed by atoms with Crippen molar-refractivity contribution in [3.63, 3.8) is 0 Å². The smallest absolute Gasteiger partial charge is 0.249 e. The molecular weight excluding hydrogens is 256 g/mol. The highest BCUT2D eigenvalue weighted by Crippen LogP contribution is 2.39. The van der Waals surface area contributed by atoms with Gasteiger partial charge in [0, 0.05) is 13.1 Å². The maximum absolute atomic E-state index is 12.0. The molecule has 1 saturated carbocycles. The van der Waals surface area contributed by atoms with Crippen molar-refractivity contribution < 1.29 is 14.6 Å². The Bertz CT molecular complexity index is 347. The molecule has 1 amide bonds. The zero-order chi connectivity index (χ0) is 14.8. The Kier molecular flexibility index (Phi) is 4.72. The molecule has 0 aromatic heterocycles. The molecule has 1 heterocycles. The van der Waals surface area contributed by atoms with Crippen molar-refractivity contribution >= 4 is 5.91 Å². The second-order valence-electron chi connectivity index (χ2n) is 7.17. The van der Waals surface area contributed by atoms with E-state index in [0.717, 1.165) is 38.5 Å². The van der Waals surface area contributed by atoms with Crippen molar-refractivity contribution in [2.45, 2.75) is 70.2 Å². The standard InChI is InChI=1S/C15H28N2O3/c1-14(2)5-7-15(19,8-6-14)10-17-13(18)12-4-3-11(9-16)20-12/h11-12,19H,3-10,16H2,1-2H3,(H,17,18).